The van der Waals surface area contributed by atoms with Crippen LogP contribution in [0, 0.1) is 6.92 Å². The van der Waals surface area contributed by atoms with Crippen LogP contribution < -0.4 is 10.6 Å². The Morgan fingerprint density at radius 3 is 2.55 bits per heavy atom. The number of hydrogen-bond donors (Lipinski definition) is 2. The van der Waals surface area contributed by atoms with E-state index in [4.69, 9.17) is 7.98 Å². The molecule has 150 valence electrons. The minimum Gasteiger partial charge on any atom is -0.325 e. The zero-order chi connectivity index (χ0) is 21.5. The van der Waals surface area contributed by atoms with Gasteiger partial charge in [0.1, 0.15) is 0 Å². The molecule has 2 aromatic heterocycles. The lowest BCUT2D eigenvalue weighted by Crippen LogP contribution is -2.15. The quantitative estimate of drug-likeness (QED) is 0.396. The van der Waals surface area contributed by atoms with Crippen LogP contribution in [0.2, 0.25) is 0 Å². The van der Waals surface area contributed by atoms with Crippen molar-refractivity contribution in [3.63, 3.8) is 0 Å². The van der Waals surface area contributed by atoms with E-state index in [0.717, 1.165) is 27.0 Å². The number of carbonyl (C=O) groups is 1. The molecule has 9 heteroatoms. The molecule has 1 aliphatic heterocycles. The fourth-order valence-corrected chi connectivity index (χ4v) is 3.44. The topological polar surface area (TPSA) is 84.7 Å². The van der Waals surface area contributed by atoms with E-state index < -0.39 is 12.2 Å². The molecule has 0 fully saturated rings. The molecule has 2 N–H and O–H groups in total. The summed E-state index contributed by atoms with van der Waals surface area (Å²) in [5.74, 6) is 0.303. The summed E-state index contributed by atoms with van der Waals surface area (Å²) in [7, 11) is 5.96. The number of anilines is 2. The van der Waals surface area contributed by atoms with E-state index in [1.54, 1.807) is 18.2 Å². The Bertz CT molecular complexity index is 1290. The van der Waals surface area contributed by atoms with Gasteiger partial charge in [-0.2, -0.15) is 10.1 Å². The Balaban J connectivity index is 1.38. The first-order valence-electron chi connectivity index (χ1n) is 9.59. The maximum absolute atomic E-state index is 13.9. The van der Waals surface area contributed by atoms with Crippen LogP contribution in [0.5, 0.6) is 0 Å². The first kappa shape index (κ1) is 19.0. The predicted molar refractivity (Wildman–Crippen MR) is 116 cm³/mol. The summed E-state index contributed by atoms with van der Waals surface area (Å²) in [6.07, 6.45) is 0.304. The third-order valence-electron chi connectivity index (χ3n) is 5.10. The van der Waals surface area contributed by atoms with E-state index in [0.29, 0.717) is 17.1 Å². The summed E-state index contributed by atoms with van der Waals surface area (Å²) in [4.78, 5) is 20.4. The van der Waals surface area contributed by atoms with Crippen LogP contribution in [0.4, 0.5) is 16.0 Å². The van der Waals surface area contributed by atoms with Crippen LogP contribution in [0.15, 0.2) is 60.8 Å². The molecule has 1 amide bonds. The standard InChI is InChI=1S/C22H16BFN6O/c1-12-2-3-15(11-25-12)13-4-6-14(7-5-13)20-28-22(30(23)29-20)26-16-8-9-17-18(10-16)19(24)27-21(17)31/h2-11,19H,1H3,(H,27,31)(H,26,28,29). The molecule has 0 aliphatic carbocycles. The molecular weight excluding hydrogens is 394 g/mol. The van der Waals surface area contributed by atoms with Crippen molar-refractivity contribution in [2.24, 2.45) is 0 Å². The van der Waals surface area contributed by atoms with Crippen LogP contribution in [0.3, 0.4) is 0 Å². The van der Waals surface area contributed by atoms with Gasteiger partial charge in [-0.05, 0) is 36.8 Å². The molecule has 31 heavy (non-hydrogen) atoms. The Morgan fingerprint density at radius 1 is 1.06 bits per heavy atom. The molecule has 0 bridgehead atoms. The number of carbonyl (C=O) groups excluding carboxylic acids is 1. The van der Waals surface area contributed by atoms with Crippen molar-refractivity contribution < 1.29 is 9.18 Å². The van der Waals surface area contributed by atoms with Gasteiger partial charge in [-0.1, -0.05) is 30.3 Å². The molecule has 1 atom stereocenters. The second-order valence-electron chi connectivity index (χ2n) is 7.23. The van der Waals surface area contributed by atoms with Crippen molar-refractivity contribution in [3.05, 3.63) is 77.6 Å². The third kappa shape index (κ3) is 3.54. The number of amides is 1. The lowest BCUT2D eigenvalue weighted by atomic mass is 10.1. The number of fused-ring (bicyclic) bond motifs is 1. The maximum atomic E-state index is 13.9. The Labute approximate surface area is 178 Å². The number of nitrogens with one attached hydrogen (secondary N) is 2. The fourth-order valence-electron chi connectivity index (χ4n) is 3.44. The average molecular weight is 410 g/mol. The normalized spacial score (nSPS) is 14.9. The number of hydrogen-bond acceptors (Lipinski definition) is 5. The minimum absolute atomic E-state index is 0.277. The van der Waals surface area contributed by atoms with Crippen LogP contribution in [-0.2, 0) is 0 Å². The van der Waals surface area contributed by atoms with E-state index in [-0.39, 0.29) is 11.5 Å². The van der Waals surface area contributed by atoms with Crippen LogP contribution >= 0.6 is 0 Å². The predicted octanol–water partition coefficient (Wildman–Crippen LogP) is 3.70. The summed E-state index contributed by atoms with van der Waals surface area (Å²) in [6, 6.07) is 16.5. The summed E-state index contributed by atoms with van der Waals surface area (Å²) in [6.45, 7) is 1.95. The molecule has 0 saturated heterocycles. The molecule has 2 aromatic carbocycles. The van der Waals surface area contributed by atoms with Crippen LogP contribution in [0.25, 0.3) is 22.5 Å². The lowest BCUT2D eigenvalue weighted by molar-refractivity contribution is 0.0928. The van der Waals surface area contributed by atoms with E-state index >= 15 is 0 Å². The summed E-state index contributed by atoms with van der Waals surface area (Å²) < 4.78 is 15.1. The van der Waals surface area contributed by atoms with Crippen molar-refractivity contribution in [1.82, 2.24) is 25.0 Å². The molecule has 1 aliphatic rings. The Kier molecular flexibility index (Phi) is 4.50. The van der Waals surface area contributed by atoms with E-state index in [2.05, 4.69) is 25.7 Å². The molecule has 2 radical (unpaired) electrons. The summed E-state index contributed by atoms with van der Waals surface area (Å²) >= 11 is 0. The fraction of sp³-hybridized carbons (Fsp3) is 0.0909. The first-order chi connectivity index (χ1) is 15.0. The number of benzene rings is 2. The number of aryl methyl sites for hydroxylation is 1. The molecule has 5 rings (SSSR count). The number of pyridine rings is 1. The largest absolute Gasteiger partial charge is 0.325 e. The molecule has 3 heterocycles. The van der Waals surface area contributed by atoms with Gasteiger partial charge in [-0.3, -0.25) is 14.4 Å². The summed E-state index contributed by atoms with van der Waals surface area (Å²) in [5, 5.41) is 9.51. The van der Waals surface area contributed by atoms with E-state index in [1.807, 2.05) is 49.5 Å². The van der Waals surface area contributed by atoms with E-state index in [1.165, 1.54) is 0 Å². The highest BCUT2D eigenvalue weighted by molar-refractivity contribution is 6.07. The number of aromatic nitrogens is 4. The van der Waals surface area contributed by atoms with Gasteiger partial charge in [0.15, 0.2) is 12.1 Å². The third-order valence-corrected chi connectivity index (χ3v) is 5.10. The SMILES string of the molecule is [B]n1nc(-c2ccc(-c3ccc(C)nc3)cc2)nc1Nc1ccc2c(c1)C(F)NC2=O. The minimum atomic E-state index is -1.53. The molecule has 7 nitrogen and oxygen atoms in total. The average Bonchev–Trinajstić information content (AvgIpc) is 3.27. The van der Waals surface area contributed by atoms with Crippen molar-refractivity contribution in [2.75, 3.05) is 5.32 Å². The van der Waals surface area contributed by atoms with Gasteiger partial charge in [0.2, 0.25) is 5.95 Å². The highest BCUT2D eigenvalue weighted by Crippen LogP contribution is 2.30. The second-order valence-corrected chi connectivity index (χ2v) is 7.23. The van der Waals surface area contributed by atoms with Crippen LogP contribution in [-0.4, -0.2) is 33.5 Å². The van der Waals surface area contributed by atoms with Gasteiger partial charge in [0, 0.05) is 39.8 Å². The van der Waals surface area contributed by atoms with Crippen LogP contribution in [0.1, 0.15) is 27.9 Å². The number of halogens is 1. The van der Waals surface area contributed by atoms with Crippen molar-refractivity contribution >= 4 is 25.5 Å². The van der Waals surface area contributed by atoms with Crippen molar-refractivity contribution in [2.45, 2.75) is 13.2 Å². The van der Waals surface area contributed by atoms with Gasteiger partial charge < -0.3 is 10.6 Å². The molecular formula is C22H16BFN6O. The van der Waals surface area contributed by atoms with Gasteiger partial charge in [0.25, 0.3) is 13.9 Å². The lowest BCUT2D eigenvalue weighted by Gasteiger charge is -2.07. The molecule has 0 spiro atoms. The number of rotatable bonds is 4. The molecule has 0 saturated carbocycles. The highest BCUT2D eigenvalue weighted by atomic mass is 19.1. The number of alkyl halides is 1. The zero-order valence-electron chi connectivity index (χ0n) is 16.5. The zero-order valence-corrected chi connectivity index (χ0v) is 16.5. The second kappa shape index (κ2) is 7.35. The van der Waals surface area contributed by atoms with E-state index in [9.17, 15) is 9.18 Å². The van der Waals surface area contributed by atoms with Gasteiger partial charge >= 0.3 is 0 Å². The monoisotopic (exact) mass is 410 g/mol. The van der Waals surface area contributed by atoms with Crippen molar-refractivity contribution in [3.8, 4) is 22.5 Å². The van der Waals surface area contributed by atoms with Gasteiger partial charge in [-0.25, -0.2) is 4.39 Å². The smallest absolute Gasteiger partial charge is 0.269 e. The molecule has 4 aromatic rings. The molecule has 1 unspecified atom stereocenters. The highest BCUT2D eigenvalue weighted by Gasteiger charge is 2.28. The van der Waals surface area contributed by atoms with Gasteiger partial charge in [0.05, 0.1) is 0 Å². The maximum Gasteiger partial charge on any atom is 0.269 e. The number of nitrogens with zero attached hydrogens (tertiary/aromatic N) is 4. The summed E-state index contributed by atoms with van der Waals surface area (Å²) in [5.41, 5.74) is 4.95. The Hall–Kier alpha value is -4.01. The Morgan fingerprint density at radius 2 is 1.81 bits per heavy atom. The van der Waals surface area contributed by atoms with Crippen molar-refractivity contribution in [1.29, 1.82) is 0 Å². The first-order valence-corrected chi connectivity index (χ1v) is 9.59. The van der Waals surface area contributed by atoms with Gasteiger partial charge in [-0.15, -0.1) is 0 Å².